The highest BCUT2D eigenvalue weighted by Gasteiger charge is 2.19. The Morgan fingerprint density at radius 1 is 0.297 bits per heavy atom. The average molecular weight is 906 g/mol. The first kappa shape index (κ1) is 62.4. The summed E-state index contributed by atoms with van der Waals surface area (Å²) in [4.78, 5) is 38.1. The Labute approximate surface area is 399 Å². The third kappa shape index (κ3) is 51.4. The lowest BCUT2D eigenvalue weighted by Gasteiger charge is -2.18. The van der Waals surface area contributed by atoms with Gasteiger partial charge in [-0.05, 0) is 31.1 Å². The normalized spacial score (nSPS) is 12.0. The van der Waals surface area contributed by atoms with E-state index in [-0.39, 0.29) is 31.1 Å². The maximum absolute atomic E-state index is 12.8. The summed E-state index contributed by atoms with van der Waals surface area (Å²) in [6.45, 7) is 11.4. The molecule has 0 N–H and O–H groups in total. The van der Waals surface area contributed by atoms with E-state index in [4.69, 9.17) is 14.2 Å². The van der Waals surface area contributed by atoms with Gasteiger partial charge in [0.1, 0.15) is 13.2 Å². The van der Waals surface area contributed by atoms with Gasteiger partial charge in [0.25, 0.3) is 0 Å². The Bertz CT molecular complexity index is 978. The molecule has 0 aromatic carbocycles. The molecule has 64 heavy (non-hydrogen) atoms. The van der Waals surface area contributed by atoms with E-state index in [1.807, 2.05) is 0 Å². The van der Waals surface area contributed by atoms with Crippen LogP contribution in [0.1, 0.15) is 324 Å². The van der Waals surface area contributed by atoms with Crippen molar-refractivity contribution in [1.29, 1.82) is 0 Å². The standard InChI is InChI=1S/C58H112O6/c1-6-7-8-9-10-11-12-13-14-15-16-19-22-25-28-33-38-43-48-56(59)62-51-55(52-63-57(60)49-44-39-35-30-32-37-42-47-54(4)5)64-58(61)50-45-40-34-29-26-23-20-17-18-21-24-27-31-36-41-46-53(2)3/h53-55H,6-52H2,1-5H3/t55-/m0/s1. The molecule has 6 nitrogen and oxygen atoms in total. The van der Waals surface area contributed by atoms with Gasteiger partial charge in [0.05, 0.1) is 0 Å². The number of ether oxygens (including phenoxy) is 3. The highest BCUT2D eigenvalue weighted by molar-refractivity contribution is 5.71. The van der Waals surface area contributed by atoms with E-state index in [1.165, 1.54) is 212 Å². The van der Waals surface area contributed by atoms with Gasteiger partial charge in [-0.3, -0.25) is 14.4 Å². The molecule has 0 heterocycles. The number of hydrogen-bond donors (Lipinski definition) is 0. The van der Waals surface area contributed by atoms with Gasteiger partial charge >= 0.3 is 17.9 Å². The topological polar surface area (TPSA) is 78.9 Å². The van der Waals surface area contributed by atoms with Gasteiger partial charge in [0, 0.05) is 19.3 Å². The zero-order chi connectivity index (χ0) is 46.8. The summed E-state index contributed by atoms with van der Waals surface area (Å²) in [5.74, 6) is 0.786. The van der Waals surface area contributed by atoms with Crippen LogP contribution in [-0.2, 0) is 28.6 Å². The summed E-state index contributed by atoms with van der Waals surface area (Å²) in [5, 5.41) is 0. The third-order valence-corrected chi connectivity index (χ3v) is 13.2. The van der Waals surface area contributed by atoms with E-state index < -0.39 is 6.10 Å². The second-order valence-corrected chi connectivity index (χ2v) is 20.9. The average Bonchev–Trinajstić information content (AvgIpc) is 3.27. The van der Waals surface area contributed by atoms with Crippen LogP contribution in [0.4, 0.5) is 0 Å². The molecule has 6 heteroatoms. The van der Waals surface area contributed by atoms with Crippen molar-refractivity contribution >= 4 is 17.9 Å². The van der Waals surface area contributed by atoms with Crippen LogP contribution >= 0.6 is 0 Å². The van der Waals surface area contributed by atoms with Gasteiger partial charge in [-0.15, -0.1) is 0 Å². The lowest BCUT2D eigenvalue weighted by atomic mass is 10.0. The molecule has 0 aliphatic rings. The van der Waals surface area contributed by atoms with Crippen LogP contribution in [0.3, 0.4) is 0 Å². The van der Waals surface area contributed by atoms with Gasteiger partial charge in [-0.1, -0.05) is 285 Å². The Hall–Kier alpha value is -1.59. The molecule has 0 aliphatic heterocycles. The minimum Gasteiger partial charge on any atom is -0.462 e. The molecule has 0 saturated heterocycles. The van der Waals surface area contributed by atoms with E-state index >= 15 is 0 Å². The quantitative estimate of drug-likeness (QED) is 0.0344. The minimum absolute atomic E-state index is 0.0633. The van der Waals surface area contributed by atoms with E-state index in [0.29, 0.717) is 19.3 Å². The SMILES string of the molecule is CCCCCCCCCCCCCCCCCCCCC(=O)OC[C@@H](COC(=O)CCCCCCCCCC(C)C)OC(=O)CCCCCCCCCCCCCCCCCC(C)C. The first-order chi connectivity index (χ1) is 31.2. The van der Waals surface area contributed by atoms with Crippen LogP contribution in [0.25, 0.3) is 0 Å². The van der Waals surface area contributed by atoms with Crippen molar-refractivity contribution < 1.29 is 28.6 Å². The molecule has 0 saturated carbocycles. The Kier molecular flexibility index (Phi) is 49.6. The molecule has 0 spiro atoms. The van der Waals surface area contributed by atoms with Gasteiger partial charge in [-0.2, -0.15) is 0 Å². The molecular weight excluding hydrogens is 793 g/mol. The van der Waals surface area contributed by atoms with E-state index in [2.05, 4.69) is 34.6 Å². The van der Waals surface area contributed by atoms with E-state index in [1.54, 1.807) is 0 Å². The Morgan fingerprint density at radius 3 is 0.766 bits per heavy atom. The molecule has 0 rings (SSSR count). The van der Waals surface area contributed by atoms with Crippen LogP contribution in [0, 0.1) is 11.8 Å². The number of carbonyl (C=O) groups excluding carboxylic acids is 3. The Morgan fingerprint density at radius 2 is 0.516 bits per heavy atom. The molecule has 0 amide bonds. The molecule has 0 aromatic heterocycles. The van der Waals surface area contributed by atoms with Crippen molar-refractivity contribution in [2.24, 2.45) is 11.8 Å². The molecule has 380 valence electrons. The maximum Gasteiger partial charge on any atom is 0.306 e. The second kappa shape index (κ2) is 50.8. The lowest BCUT2D eigenvalue weighted by Crippen LogP contribution is -2.30. The Balaban J connectivity index is 4.24. The molecule has 0 aliphatic carbocycles. The molecule has 0 bridgehead atoms. The van der Waals surface area contributed by atoms with Gasteiger partial charge in [0.2, 0.25) is 0 Å². The van der Waals surface area contributed by atoms with Crippen molar-refractivity contribution in [3.05, 3.63) is 0 Å². The van der Waals surface area contributed by atoms with Crippen molar-refractivity contribution in [3.8, 4) is 0 Å². The van der Waals surface area contributed by atoms with Crippen molar-refractivity contribution in [2.45, 2.75) is 330 Å². The first-order valence-electron chi connectivity index (χ1n) is 28.7. The highest BCUT2D eigenvalue weighted by Crippen LogP contribution is 2.18. The zero-order valence-corrected chi connectivity index (χ0v) is 43.9. The zero-order valence-electron chi connectivity index (χ0n) is 43.9. The molecular formula is C58H112O6. The molecule has 1 atom stereocenters. The van der Waals surface area contributed by atoms with Crippen LogP contribution in [0.2, 0.25) is 0 Å². The fourth-order valence-electron chi connectivity index (χ4n) is 8.87. The molecule has 0 radical (unpaired) electrons. The van der Waals surface area contributed by atoms with Gasteiger partial charge in [-0.25, -0.2) is 0 Å². The van der Waals surface area contributed by atoms with Crippen LogP contribution in [-0.4, -0.2) is 37.2 Å². The minimum atomic E-state index is -0.763. The number of carbonyl (C=O) groups is 3. The van der Waals surface area contributed by atoms with Crippen LogP contribution < -0.4 is 0 Å². The predicted molar refractivity (Wildman–Crippen MR) is 275 cm³/mol. The highest BCUT2D eigenvalue weighted by atomic mass is 16.6. The number of unbranched alkanes of at least 4 members (excludes halogenated alkanes) is 37. The van der Waals surface area contributed by atoms with Gasteiger partial charge < -0.3 is 14.2 Å². The summed E-state index contributed by atoms with van der Waals surface area (Å²) in [6, 6.07) is 0. The lowest BCUT2D eigenvalue weighted by molar-refractivity contribution is -0.167. The fourth-order valence-corrected chi connectivity index (χ4v) is 8.87. The second-order valence-electron chi connectivity index (χ2n) is 20.9. The monoisotopic (exact) mass is 905 g/mol. The van der Waals surface area contributed by atoms with Gasteiger partial charge in [0.15, 0.2) is 6.10 Å². The maximum atomic E-state index is 12.8. The van der Waals surface area contributed by atoms with Crippen LogP contribution in [0.5, 0.6) is 0 Å². The summed E-state index contributed by atoms with van der Waals surface area (Å²) in [6.07, 6.45) is 53.9. The van der Waals surface area contributed by atoms with Crippen molar-refractivity contribution in [1.82, 2.24) is 0 Å². The fraction of sp³-hybridized carbons (Fsp3) is 0.948. The molecule has 0 unspecified atom stereocenters. The first-order valence-corrected chi connectivity index (χ1v) is 28.7. The molecule has 0 fully saturated rings. The summed E-state index contributed by atoms with van der Waals surface area (Å²) in [5.41, 5.74) is 0. The third-order valence-electron chi connectivity index (χ3n) is 13.2. The predicted octanol–water partition coefficient (Wildman–Crippen LogP) is 18.9. The van der Waals surface area contributed by atoms with E-state index in [0.717, 1.165) is 69.6 Å². The largest absolute Gasteiger partial charge is 0.462 e. The number of hydrogen-bond acceptors (Lipinski definition) is 6. The van der Waals surface area contributed by atoms with Crippen LogP contribution in [0.15, 0.2) is 0 Å². The number of esters is 3. The van der Waals surface area contributed by atoms with E-state index in [9.17, 15) is 14.4 Å². The number of rotatable bonds is 52. The molecule has 0 aromatic rings. The summed E-state index contributed by atoms with van der Waals surface area (Å²) in [7, 11) is 0. The van der Waals surface area contributed by atoms with Crippen molar-refractivity contribution in [2.75, 3.05) is 13.2 Å². The summed E-state index contributed by atoms with van der Waals surface area (Å²) < 4.78 is 16.9. The summed E-state index contributed by atoms with van der Waals surface area (Å²) >= 11 is 0. The van der Waals surface area contributed by atoms with Crippen molar-refractivity contribution in [3.63, 3.8) is 0 Å². The smallest absolute Gasteiger partial charge is 0.306 e.